The first kappa shape index (κ1) is 17.2. The van der Waals surface area contributed by atoms with Crippen molar-refractivity contribution >= 4 is 11.8 Å². The smallest absolute Gasteiger partial charge is 0.253 e. The Kier molecular flexibility index (Phi) is 6.92. The van der Waals surface area contributed by atoms with E-state index in [1.807, 2.05) is 13.8 Å². The summed E-state index contributed by atoms with van der Waals surface area (Å²) in [4.78, 5) is 26.1. The first-order valence-electron chi connectivity index (χ1n) is 7.67. The van der Waals surface area contributed by atoms with Crippen molar-refractivity contribution in [2.75, 3.05) is 19.6 Å². The number of benzene rings is 1. The third-order valence-electron chi connectivity index (χ3n) is 3.43. The monoisotopic (exact) mass is 290 g/mol. The van der Waals surface area contributed by atoms with Crippen molar-refractivity contribution in [3.05, 3.63) is 35.4 Å². The van der Waals surface area contributed by atoms with Crippen LogP contribution in [0.2, 0.25) is 0 Å². The van der Waals surface area contributed by atoms with Gasteiger partial charge in [0, 0.05) is 30.8 Å². The molecule has 21 heavy (non-hydrogen) atoms. The number of nitrogens with one attached hydrogen (secondary N) is 1. The quantitative estimate of drug-likeness (QED) is 0.839. The maximum absolute atomic E-state index is 12.3. The molecule has 1 N–H and O–H groups in total. The Balaban J connectivity index is 2.76. The molecule has 0 spiro atoms. The first-order chi connectivity index (χ1) is 9.99. The van der Waals surface area contributed by atoms with Gasteiger partial charge >= 0.3 is 0 Å². The van der Waals surface area contributed by atoms with E-state index in [1.165, 1.54) is 0 Å². The first-order valence-corrected chi connectivity index (χ1v) is 7.67. The van der Waals surface area contributed by atoms with Crippen molar-refractivity contribution in [2.45, 2.75) is 34.1 Å². The minimum Gasteiger partial charge on any atom is -0.352 e. The average Bonchev–Trinajstić information content (AvgIpc) is 2.48. The highest BCUT2D eigenvalue weighted by atomic mass is 16.2. The summed E-state index contributed by atoms with van der Waals surface area (Å²) < 4.78 is 0. The number of rotatable bonds is 7. The van der Waals surface area contributed by atoms with E-state index in [4.69, 9.17) is 0 Å². The number of carbonyl (C=O) groups excluding carboxylic acids is 2. The largest absolute Gasteiger partial charge is 0.352 e. The zero-order chi connectivity index (χ0) is 15.8. The van der Waals surface area contributed by atoms with Gasteiger partial charge in [0.25, 0.3) is 11.8 Å². The van der Waals surface area contributed by atoms with Gasteiger partial charge in [-0.15, -0.1) is 0 Å². The molecule has 0 atom stereocenters. The molecular weight excluding hydrogens is 264 g/mol. The molecule has 2 amide bonds. The number of hydrogen-bond donors (Lipinski definition) is 1. The fourth-order valence-electron chi connectivity index (χ4n) is 2.06. The number of nitrogens with zero attached hydrogens (tertiary/aromatic N) is 1. The molecule has 1 rings (SSSR count). The van der Waals surface area contributed by atoms with Gasteiger partial charge in [0.05, 0.1) is 0 Å². The second-order valence-corrected chi connectivity index (χ2v) is 5.50. The summed E-state index contributed by atoms with van der Waals surface area (Å²) in [5, 5.41) is 2.89. The van der Waals surface area contributed by atoms with Crippen molar-refractivity contribution in [2.24, 2.45) is 5.92 Å². The topological polar surface area (TPSA) is 49.4 Å². The van der Waals surface area contributed by atoms with Crippen LogP contribution >= 0.6 is 0 Å². The predicted octanol–water partition coefficient (Wildman–Crippen LogP) is 2.94. The summed E-state index contributed by atoms with van der Waals surface area (Å²) in [6.45, 7) is 10.1. The van der Waals surface area contributed by atoms with Crippen LogP contribution in [0.5, 0.6) is 0 Å². The predicted molar refractivity (Wildman–Crippen MR) is 85.5 cm³/mol. The van der Waals surface area contributed by atoms with E-state index in [0.29, 0.717) is 36.7 Å². The maximum atomic E-state index is 12.3. The van der Waals surface area contributed by atoms with Gasteiger partial charge in [-0.05, 0) is 44.4 Å². The zero-order valence-electron chi connectivity index (χ0n) is 13.5. The van der Waals surface area contributed by atoms with Crippen molar-refractivity contribution in [3.8, 4) is 0 Å². The van der Waals surface area contributed by atoms with Gasteiger partial charge < -0.3 is 10.2 Å². The summed E-state index contributed by atoms with van der Waals surface area (Å²) >= 11 is 0. The second-order valence-electron chi connectivity index (χ2n) is 5.50. The van der Waals surface area contributed by atoms with Crippen LogP contribution in [0.4, 0.5) is 0 Å². The van der Waals surface area contributed by atoms with Gasteiger partial charge in [-0.3, -0.25) is 9.59 Å². The average molecular weight is 290 g/mol. The van der Waals surface area contributed by atoms with E-state index in [-0.39, 0.29) is 11.8 Å². The van der Waals surface area contributed by atoms with Crippen LogP contribution in [0.15, 0.2) is 24.3 Å². The zero-order valence-corrected chi connectivity index (χ0v) is 13.5. The molecule has 0 saturated carbocycles. The van der Waals surface area contributed by atoms with Crippen molar-refractivity contribution in [1.82, 2.24) is 10.2 Å². The highest BCUT2D eigenvalue weighted by Crippen LogP contribution is 2.09. The van der Waals surface area contributed by atoms with Crippen LogP contribution in [0, 0.1) is 5.92 Å². The Bertz CT molecular complexity index is 479. The fourth-order valence-corrected chi connectivity index (χ4v) is 2.06. The Hall–Kier alpha value is -1.84. The highest BCUT2D eigenvalue weighted by molar-refractivity contribution is 5.99. The third-order valence-corrected chi connectivity index (χ3v) is 3.43. The van der Waals surface area contributed by atoms with Gasteiger partial charge in [0.15, 0.2) is 0 Å². The van der Waals surface area contributed by atoms with Gasteiger partial charge in [0.1, 0.15) is 0 Å². The van der Waals surface area contributed by atoms with Crippen molar-refractivity contribution in [3.63, 3.8) is 0 Å². The van der Waals surface area contributed by atoms with E-state index in [9.17, 15) is 9.59 Å². The van der Waals surface area contributed by atoms with Crippen molar-refractivity contribution < 1.29 is 9.59 Å². The molecule has 1 aromatic rings. The lowest BCUT2D eigenvalue weighted by Crippen LogP contribution is -2.31. The maximum Gasteiger partial charge on any atom is 0.253 e. The molecule has 1 aromatic carbocycles. The molecule has 116 valence electrons. The molecule has 0 heterocycles. The summed E-state index contributed by atoms with van der Waals surface area (Å²) in [6.07, 6.45) is 0.948. The lowest BCUT2D eigenvalue weighted by molar-refractivity contribution is 0.0773. The minimum absolute atomic E-state index is 0.0307. The molecule has 0 aliphatic rings. The summed E-state index contributed by atoms with van der Waals surface area (Å²) in [6, 6.07) is 6.93. The molecular formula is C17H26N2O2. The summed E-state index contributed by atoms with van der Waals surface area (Å²) in [5.41, 5.74) is 1.10. The van der Waals surface area contributed by atoms with Crippen molar-refractivity contribution in [1.29, 1.82) is 0 Å². The molecule has 0 aliphatic carbocycles. The van der Waals surface area contributed by atoms with Gasteiger partial charge in [-0.2, -0.15) is 0 Å². The van der Waals surface area contributed by atoms with E-state index in [1.54, 1.807) is 29.2 Å². The van der Waals surface area contributed by atoms with Crippen LogP contribution in [0.1, 0.15) is 54.8 Å². The molecule has 4 nitrogen and oxygen atoms in total. The molecule has 0 radical (unpaired) electrons. The number of amides is 2. The minimum atomic E-state index is -0.121. The molecule has 0 saturated heterocycles. The third kappa shape index (κ3) is 5.21. The summed E-state index contributed by atoms with van der Waals surface area (Å²) in [5.74, 6) is 0.405. The highest BCUT2D eigenvalue weighted by Gasteiger charge is 2.14. The number of carbonyl (C=O) groups is 2. The molecule has 0 fully saturated rings. The molecule has 0 aromatic heterocycles. The second kappa shape index (κ2) is 8.45. The summed E-state index contributed by atoms with van der Waals surface area (Å²) in [7, 11) is 0. The SMILES string of the molecule is CCN(CC)C(=O)c1cccc(C(=O)NCCC(C)C)c1. The Morgan fingerprint density at radius 2 is 1.76 bits per heavy atom. The standard InChI is InChI=1S/C17H26N2O2/c1-5-19(6-2)17(21)15-9-7-8-14(12-15)16(20)18-11-10-13(3)4/h7-9,12-13H,5-6,10-11H2,1-4H3,(H,18,20). The Morgan fingerprint density at radius 1 is 1.14 bits per heavy atom. The van der Waals surface area contributed by atoms with Gasteiger partial charge in [-0.25, -0.2) is 0 Å². The lowest BCUT2D eigenvalue weighted by Gasteiger charge is -2.18. The van der Waals surface area contributed by atoms with Crippen LogP contribution in [0.25, 0.3) is 0 Å². The van der Waals surface area contributed by atoms with Crippen LogP contribution in [-0.4, -0.2) is 36.3 Å². The van der Waals surface area contributed by atoms with E-state index in [2.05, 4.69) is 19.2 Å². The Morgan fingerprint density at radius 3 is 2.33 bits per heavy atom. The van der Waals surface area contributed by atoms with E-state index in [0.717, 1.165) is 6.42 Å². The van der Waals surface area contributed by atoms with Crippen LogP contribution in [-0.2, 0) is 0 Å². The molecule has 0 aliphatic heterocycles. The van der Waals surface area contributed by atoms with E-state index < -0.39 is 0 Å². The van der Waals surface area contributed by atoms with Gasteiger partial charge in [0.2, 0.25) is 0 Å². The fraction of sp³-hybridized carbons (Fsp3) is 0.529. The molecule has 0 bridgehead atoms. The van der Waals surface area contributed by atoms with E-state index >= 15 is 0 Å². The molecule has 0 unspecified atom stereocenters. The lowest BCUT2D eigenvalue weighted by atomic mass is 10.1. The normalized spacial score (nSPS) is 10.5. The number of hydrogen-bond acceptors (Lipinski definition) is 2. The van der Waals surface area contributed by atoms with Gasteiger partial charge in [-0.1, -0.05) is 19.9 Å². The van der Waals surface area contributed by atoms with Crippen LogP contribution < -0.4 is 5.32 Å². The molecule has 4 heteroatoms. The Labute approximate surface area is 127 Å². The van der Waals surface area contributed by atoms with Crippen LogP contribution in [0.3, 0.4) is 0 Å².